The minimum atomic E-state index is -4.68. The molecule has 1 aliphatic heterocycles. The Bertz CT molecular complexity index is 819. The predicted octanol–water partition coefficient (Wildman–Crippen LogP) is 2.21. The average Bonchev–Trinajstić information content (AvgIpc) is 3.22. The molecule has 2 amide bonds. The van der Waals surface area contributed by atoms with E-state index in [9.17, 15) is 22.8 Å². The van der Waals surface area contributed by atoms with E-state index in [1.807, 2.05) is 17.5 Å². The highest BCUT2D eigenvalue weighted by Gasteiger charge is 2.39. The fourth-order valence-electron chi connectivity index (χ4n) is 2.94. The second kappa shape index (κ2) is 7.14. The summed E-state index contributed by atoms with van der Waals surface area (Å²) in [6, 6.07) is 3.15. The number of carbonyl (C=O) groups excluding carboxylic acids is 1. The number of amides is 2. The first-order chi connectivity index (χ1) is 12.3. The third-order valence-electron chi connectivity index (χ3n) is 4.35. The third kappa shape index (κ3) is 3.76. The van der Waals surface area contributed by atoms with Gasteiger partial charge < -0.3 is 10.2 Å². The van der Waals surface area contributed by atoms with E-state index in [-0.39, 0.29) is 6.03 Å². The molecular weight excluding hydrogens is 371 g/mol. The van der Waals surface area contributed by atoms with Gasteiger partial charge in [0.2, 0.25) is 5.82 Å². The van der Waals surface area contributed by atoms with Crippen LogP contribution in [0.1, 0.15) is 29.6 Å². The number of thiophene rings is 1. The number of hydrogen-bond acceptors (Lipinski definition) is 4. The molecule has 142 valence electrons. The summed E-state index contributed by atoms with van der Waals surface area (Å²) in [5.41, 5.74) is -0.794. The number of aromatic nitrogens is 3. The van der Waals surface area contributed by atoms with Gasteiger partial charge in [0.15, 0.2) is 0 Å². The van der Waals surface area contributed by atoms with Gasteiger partial charge in [0.25, 0.3) is 0 Å². The van der Waals surface area contributed by atoms with Gasteiger partial charge in [0, 0.05) is 25.0 Å². The number of rotatable bonds is 3. The van der Waals surface area contributed by atoms with Crippen molar-refractivity contribution in [3.63, 3.8) is 0 Å². The van der Waals surface area contributed by atoms with Crippen LogP contribution in [0.4, 0.5) is 18.0 Å². The van der Waals surface area contributed by atoms with E-state index in [1.165, 1.54) is 0 Å². The van der Waals surface area contributed by atoms with Crippen LogP contribution < -0.4 is 11.0 Å². The number of piperidine rings is 1. The maximum absolute atomic E-state index is 12.9. The van der Waals surface area contributed by atoms with Gasteiger partial charge in [-0.15, -0.1) is 16.4 Å². The Balaban J connectivity index is 1.60. The monoisotopic (exact) mass is 389 g/mol. The minimum Gasteiger partial charge on any atom is -0.333 e. The van der Waals surface area contributed by atoms with Gasteiger partial charge in [0.05, 0.1) is 12.6 Å². The van der Waals surface area contributed by atoms with E-state index in [0.717, 1.165) is 16.6 Å². The van der Waals surface area contributed by atoms with Crippen LogP contribution in [0.2, 0.25) is 0 Å². The summed E-state index contributed by atoms with van der Waals surface area (Å²) in [7, 11) is 1.06. The lowest BCUT2D eigenvalue weighted by Crippen LogP contribution is -2.45. The molecule has 11 heteroatoms. The van der Waals surface area contributed by atoms with Crippen molar-refractivity contribution < 1.29 is 18.0 Å². The summed E-state index contributed by atoms with van der Waals surface area (Å²) in [6.07, 6.45) is -3.93. The lowest BCUT2D eigenvalue weighted by molar-refractivity contribution is -0.147. The molecule has 0 atom stereocenters. The number of nitrogens with zero attached hydrogens (tertiary/aromatic N) is 4. The largest absolute Gasteiger partial charge is 0.451 e. The number of nitrogens with one attached hydrogen (secondary N) is 1. The molecule has 0 saturated carbocycles. The molecule has 0 spiro atoms. The van der Waals surface area contributed by atoms with Crippen LogP contribution >= 0.6 is 11.3 Å². The van der Waals surface area contributed by atoms with Gasteiger partial charge in [-0.1, -0.05) is 6.07 Å². The van der Waals surface area contributed by atoms with Crippen molar-refractivity contribution in [2.24, 2.45) is 7.05 Å². The van der Waals surface area contributed by atoms with E-state index in [1.54, 1.807) is 16.2 Å². The van der Waals surface area contributed by atoms with Crippen molar-refractivity contribution >= 4 is 17.4 Å². The molecule has 0 unspecified atom stereocenters. The first-order valence-corrected chi connectivity index (χ1v) is 8.93. The van der Waals surface area contributed by atoms with Crippen molar-refractivity contribution in [3.8, 4) is 0 Å². The number of carbonyl (C=O) groups is 1. The summed E-state index contributed by atoms with van der Waals surface area (Å²) < 4.78 is 40.1. The van der Waals surface area contributed by atoms with Crippen LogP contribution in [0.3, 0.4) is 0 Å². The molecule has 0 radical (unpaired) electrons. The molecule has 1 aliphatic rings. The Morgan fingerprint density at radius 3 is 2.62 bits per heavy atom. The van der Waals surface area contributed by atoms with Crippen LogP contribution in [-0.4, -0.2) is 38.4 Å². The Morgan fingerprint density at radius 1 is 1.38 bits per heavy atom. The molecule has 0 aliphatic carbocycles. The van der Waals surface area contributed by atoms with Crippen LogP contribution in [0.5, 0.6) is 0 Å². The molecule has 1 fully saturated rings. The zero-order valence-corrected chi connectivity index (χ0v) is 14.8. The average molecular weight is 389 g/mol. The molecule has 2 aromatic rings. The highest BCUT2D eigenvalue weighted by Crippen LogP contribution is 2.28. The zero-order chi connectivity index (χ0) is 18.9. The fraction of sp³-hybridized carbons (Fsp3) is 0.533. The summed E-state index contributed by atoms with van der Waals surface area (Å²) in [5, 5.41) is 8.21. The lowest BCUT2D eigenvalue weighted by atomic mass is 10.1. The Labute approximate surface area is 151 Å². The molecule has 3 heterocycles. The summed E-state index contributed by atoms with van der Waals surface area (Å²) in [4.78, 5) is 26.9. The Kier molecular flexibility index (Phi) is 5.08. The molecule has 1 N–H and O–H groups in total. The maximum atomic E-state index is 12.9. The van der Waals surface area contributed by atoms with Crippen molar-refractivity contribution in [3.05, 3.63) is 38.7 Å². The fourth-order valence-corrected chi connectivity index (χ4v) is 3.59. The molecule has 1 saturated heterocycles. The number of halogens is 3. The van der Waals surface area contributed by atoms with E-state index >= 15 is 0 Å². The second-order valence-corrected chi connectivity index (χ2v) is 7.10. The van der Waals surface area contributed by atoms with Crippen LogP contribution in [0.15, 0.2) is 22.3 Å². The number of likely N-dealkylation sites (tertiary alicyclic amines) is 1. The Morgan fingerprint density at radius 2 is 2.08 bits per heavy atom. The summed E-state index contributed by atoms with van der Waals surface area (Å²) >= 11 is 1.54. The van der Waals surface area contributed by atoms with Gasteiger partial charge in [-0.25, -0.2) is 14.3 Å². The van der Waals surface area contributed by atoms with Gasteiger partial charge in [-0.3, -0.25) is 4.57 Å². The molecule has 26 heavy (non-hydrogen) atoms. The predicted molar refractivity (Wildman–Crippen MR) is 88.9 cm³/mol. The van der Waals surface area contributed by atoms with Crippen LogP contribution in [0.25, 0.3) is 0 Å². The van der Waals surface area contributed by atoms with E-state index in [2.05, 4.69) is 10.4 Å². The number of urea groups is 1. The molecule has 7 nitrogen and oxygen atoms in total. The maximum Gasteiger partial charge on any atom is 0.451 e. The lowest BCUT2D eigenvalue weighted by Gasteiger charge is -2.31. The van der Waals surface area contributed by atoms with Crippen LogP contribution in [0, 0.1) is 0 Å². The van der Waals surface area contributed by atoms with Crippen molar-refractivity contribution in [1.29, 1.82) is 0 Å². The van der Waals surface area contributed by atoms with E-state index in [4.69, 9.17) is 0 Å². The highest BCUT2D eigenvalue weighted by molar-refractivity contribution is 7.09. The second-order valence-electron chi connectivity index (χ2n) is 6.06. The van der Waals surface area contributed by atoms with Crippen molar-refractivity contribution in [2.45, 2.75) is 31.6 Å². The van der Waals surface area contributed by atoms with Crippen molar-refractivity contribution in [1.82, 2.24) is 24.6 Å². The first kappa shape index (κ1) is 18.5. The topological polar surface area (TPSA) is 72.2 Å². The number of hydrogen-bond donors (Lipinski definition) is 1. The van der Waals surface area contributed by atoms with Crippen molar-refractivity contribution in [2.75, 3.05) is 13.1 Å². The third-order valence-corrected chi connectivity index (χ3v) is 5.22. The zero-order valence-electron chi connectivity index (χ0n) is 14.0. The smallest absolute Gasteiger partial charge is 0.333 e. The molecule has 0 aromatic carbocycles. The normalized spacial score (nSPS) is 16.1. The quantitative estimate of drug-likeness (QED) is 0.875. The summed E-state index contributed by atoms with van der Waals surface area (Å²) in [6.45, 7) is 1.14. The van der Waals surface area contributed by atoms with Gasteiger partial charge in [-0.05, 0) is 24.3 Å². The molecule has 2 aromatic heterocycles. The van der Waals surface area contributed by atoms with Gasteiger partial charge >= 0.3 is 17.9 Å². The van der Waals surface area contributed by atoms with Gasteiger partial charge in [-0.2, -0.15) is 13.2 Å². The Hall–Kier alpha value is -2.30. The highest BCUT2D eigenvalue weighted by atomic mass is 32.1. The first-order valence-electron chi connectivity index (χ1n) is 8.05. The van der Waals surface area contributed by atoms with Crippen LogP contribution in [-0.2, 0) is 19.8 Å². The van der Waals surface area contributed by atoms with E-state index in [0.29, 0.717) is 37.0 Å². The number of alkyl halides is 3. The summed E-state index contributed by atoms with van der Waals surface area (Å²) in [5.74, 6) is -1.21. The SMILES string of the molecule is Cn1c(C(F)(F)F)nn(C2CCN(C(=O)NCc3cccs3)CC2)c1=O. The molecule has 3 rings (SSSR count). The molecule has 0 bridgehead atoms. The van der Waals surface area contributed by atoms with Gasteiger partial charge in [0.1, 0.15) is 0 Å². The minimum absolute atomic E-state index is 0.221. The van der Waals surface area contributed by atoms with E-state index < -0.39 is 23.7 Å². The molecular formula is C15H18F3N5O2S. The standard InChI is InChI=1S/C15H18F3N5O2S/c1-21-12(15(16,17)18)20-23(14(21)25)10-4-6-22(7-5-10)13(24)19-9-11-3-2-8-26-11/h2-3,8,10H,4-7,9H2,1H3,(H,19,24).